The second-order valence-electron chi connectivity index (χ2n) is 5.48. The molecule has 0 saturated heterocycles. The van der Waals surface area contributed by atoms with E-state index in [0.717, 1.165) is 16.9 Å². The van der Waals surface area contributed by atoms with Gasteiger partial charge in [0.2, 0.25) is 5.75 Å². The molecule has 0 N–H and O–H groups in total. The van der Waals surface area contributed by atoms with Crippen molar-refractivity contribution in [1.82, 2.24) is 15.0 Å². The molecule has 3 rings (SSSR count). The van der Waals surface area contributed by atoms with Gasteiger partial charge < -0.3 is 23.7 Å². The summed E-state index contributed by atoms with van der Waals surface area (Å²) in [6.07, 6.45) is 1.66. The molecular weight excluding hydrogens is 350 g/mol. The largest absolute Gasteiger partial charge is 0.493 e. The Bertz CT molecular complexity index is 914. The van der Waals surface area contributed by atoms with Crippen LogP contribution in [0.1, 0.15) is 0 Å². The van der Waals surface area contributed by atoms with Gasteiger partial charge in [-0.1, -0.05) is 5.21 Å². The number of nitrogens with zero attached hydrogens (tertiary/aromatic N) is 3. The zero-order chi connectivity index (χ0) is 19.4. The summed E-state index contributed by atoms with van der Waals surface area (Å²) in [4.78, 5) is 0. The van der Waals surface area contributed by atoms with Crippen LogP contribution < -0.4 is 23.7 Å². The molecule has 0 atom stereocenters. The minimum Gasteiger partial charge on any atom is -0.493 e. The van der Waals surface area contributed by atoms with Crippen LogP contribution in [0.25, 0.3) is 16.9 Å². The van der Waals surface area contributed by atoms with Crippen LogP contribution in [0.5, 0.6) is 28.7 Å². The molecule has 0 aliphatic rings. The molecule has 8 nitrogen and oxygen atoms in total. The molecule has 3 aromatic rings. The van der Waals surface area contributed by atoms with Gasteiger partial charge in [0.1, 0.15) is 0 Å². The van der Waals surface area contributed by atoms with Crippen LogP contribution in [-0.2, 0) is 0 Å². The van der Waals surface area contributed by atoms with Gasteiger partial charge in [-0.3, -0.25) is 0 Å². The Labute approximate surface area is 157 Å². The lowest BCUT2D eigenvalue weighted by Gasteiger charge is -2.15. The molecule has 0 fully saturated rings. The molecule has 0 unspecified atom stereocenters. The maximum atomic E-state index is 5.44. The summed E-state index contributed by atoms with van der Waals surface area (Å²) in [6, 6.07) is 9.20. The maximum absolute atomic E-state index is 5.44. The number of methoxy groups -OCH3 is 5. The first-order chi connectivity index (χ1) is 13.2. The first kappa shape index (κ1) is 18.4. The Morgan fingerprint density at radius 3 is 1.89 bits per heavy atom. The van der Waals surface area contributed by atoms with Crippen LogP contribution in [0, 0.1) is 0 Å². The van der Waals surface area contributed by atoms with E-state index in [2.05, 4.69) is 10.3 Å². The lowest BCUT2D eigenvalue weighted by Crippen LogP contribution is -2.02. The van der Waals surface area contributed by atoms with Gasteiger partial charge >= 0.3 is 0 Å². The van der Waals surface area contributed by atoms with Gasteiger partial charge in [-0.15, -0.1) is 5.10 Å². The Morgan fingerprint density at radius 1 is 0.704 bits per heavy atom. The summed E-state index contributed by atoms with van der Waals surface area (Å²) in [5, 5.41) is 8.26. The predicted molar refractivity (Wildman–Crippen MR) is 99.6 cm³/mol. The van der Waals surface area contributed by atoms with Crippen LogP contribution in [0.3, 0.4) is 0 Å². The van der Waals surface area contributed by atoms with Crippen molar-refractivity contribution in [1.29, 1.82) is 0 Å². The highest BCUT2D eigenvalue weighted by molar-refractivity contribution is 5.70. The Kier molecular flexibility index (Phi) is 5.35. The third-order valence-corrected chi connectivity index (χ3v) is 4.12. The smallest absolute Gasteiger partial charge is 0.203 e. The fourth-order valence-electron chi connectivity index (χ4n) is 2.81. The van der Waals surface area contributed by atoms with Crippen LogP contribution in [-0.4, -0.2) is 50.5 Å². The highest BCUT2D eigenvalue weighted by Gasteiger charge is 2.18. The molecule has 27 heavy (non-hydrogen) atoms. The van der Waals surface area contributed by atoms with Crippen molar-refractivity contribution in [2.24, 2.45) is 0 Å². The summed E-state index contributed by atoms with van der Waals surface area (Å²) in [5.41, 5.74) is 2.33. The number of benzene rings is 2. The normalized spacial score (nSPS) is 10.4. The summed E-state index contributed by atoms with van der Waals surface area (Å²) in [7, 11) is 7.89. The second-order valence-corrected chi connectivity index (χ2v) is 5.48. The fraction of sp³-hybridized carbons (Fsp3) is 0.263. The van der Waals surface area contributed by atoms with E-state index in [-0.39, 0.29) is 0 Å². The van der Waals surface area contributed by atoms with E-state index < -0.39 is 0 Å². The summed E-state index contributed by atoms with van der Waals surface area (Å²) >= 11 is 0. The average Bonchev–Trinajstić information content (AvgIpc) is 3.21. The first-order valence-corrected chi connectivity index (χ1v) is 8.10. The monoisotopic (exact) mass is 371 g/mol. The van der Waals surface area contributed by atoms with Crippen molar-refractivity contribution >= 4 is 0 Å². The van der Waals surface area contributed by atoms with Crippen LogP contribution in [0.2, 0.25) is 0 Å². The zero-order valence-corrected chi connectivity index (χ0v) is 15.8. The highest BCUT2D eigenvalue weighted by Crippen LogP contribution is 2.41. The minimum absolute atomic E-state index is 0.522. The SMILES string of the molecule is COc1ccc(-n2nncc2-c2cc(OC)c(OC)c(OC)c2)cc1OC. The van der Waals surface area contributed by atoms with Gasteiger partial charge in [0, 0.05) is 11.6 Å². The van der Waals surface area contributed by atoms with Crippen LogP contribution in [0.15, 0.2) is 36.5 Å². The van der Waals surface area contributed by atoms with Gasteiger partial charge in [-0.2, -0.15) is 0 Å². The van der Waals surface area contributed by atoms with E-state index >= 15 is 0 Å². The van der Waals surface area contributed by atoms with Crippen molar-refractivity contribution < 1.29 is 23.7 Å². The van der Waals surface area contributed by atoms with Crippen molar-refractivity contribution in [3.05, 3.63) is 36.5 Å². The molecule has 0 aliphatic carbocycles. The minimum atomic E-state index is 0.522. The third kappa shape index (κ3) is 3.33. The molecule has 0 radical (unpaired) electrons. The fourth-order valence-corrected chi connectivity index (χ4v) is 2.81. The Morgan fingerprint density at radius 2 is 1.33 bits per heavy atom. The molecule has 142 valence electrons. The average molecular weight is 371 g/mol. The van der Waals surface area contributed by atoms with Gasteiger partial charge in [-0.25, -0.2) is 4.68 Å². The van der Waals surface area contributed by atoms with Gasteiger partial charge in [0.05, 0.1) is 53.1 Å². The third-order valence-electron chi connectivity index (χ3n) is 4.12. The summed E-state index contributed by atoms with van der Waals surface area (Å²) in [6.45, 7) is 0. The molecule has 0 saturated carbocycles. The Balaban J connectivity index is 2.13. The van der Waals surface area contributed by atoms with Crippen molar-refractivity contribution in [2.45, 2.75) is 0 Å². The number of rotatable bonds is 7. The molecule has 0 amide bonds. The van der Waals surface area contributed by atoms with E-state index in [1.54, 1.807) is 46.4 Å². The van der Waals surface area contributed by atoms with Crippen molar-refractivity contribution in [3.8, 4) is 45.7 Å². The molecule has 0 bridgehead atoms. The molecule has 0 aliphatic heterocycles. The van der Waals surface area contributed by atoms with E-state index in [4.69, 9.17) is 23.7 Å². The summed E-state index contributed by atoms with van der Waals surface area (Å²) in [5.74, 6) is 2.85. The van der Waals surface area contributed by atoms with Crippen molar-refractivity contribution in [3.63, 3.8) is 0 Å². The van der Waals surface area contributed by atoms with E-state index in [0.29, 0.717) is 28.7 Å². The Hall–Kier alpha value is -3.42. The predicted octanol–water partition coefficient (Wildman–Crippen LogP) is 2.98. The number of hydrogen-bond donors (Lipinski definition) is 0. The van der Waals surface area contributed by atoms with Crippen LogP contribution in [0.4, 0.5) is 0 Å². The molecular formula is C19H21N3O5. The van der Waals surface area contributed by atoms with Gasteiger partial charge in [0.25, 0.3) is 0 Å². The highest BCUT2D eigenvalue weighted by atomic mass is 16.5. The van der Waals surface area contributed by atoms with Gasteiger partial charge in [0.15, 0.2) is 23.0 Å². The number of ether oxygens (including phenoxy) is 5. The van der Waals surface area contributed by atoms with Crippen LogP contribution >= 0.6 is 0 Å². The van der Waals surface area contributed by atoms with E-state index in [1.165, 1.54) is 0 Å². The van der Waals surface area contributed by atoms with E-state index in [9.17, 15) is 0 Å². The summed E-state index contributed by atoms with van der Waals surface area (Å²) < 4.78 is 28.6. The maximum Gasteiger partial charge on any atom is 0.203 e. The first-order valence-electron chi connectivity index (χ1n) is 8.10. The second kappa shape index (κ2) is 7.86. The molecule has 1 aromatic heterocycles. The standard InChI is InChI=1S/C19H21N3O5/c1-23-15-7-6-13(10-16(15)24-2)22-14(11-20-21-22)12-8-17(25-3)19(27-5)18(9-12)26-4/h6-11H,1-5H3. The van der Waals surface area contributed by atoms with Gasteiger partial charge in [-0.05, 0) is 24.3 Å². The molecule has 0 spiro atoms. The lowest BCUT2D eigenvalue weighted by atomic mass is 10.1. The molecule has 8 heteroatoms. The molecule has 1 heterocycles. The van der Waals surface area contributed by atoms with Crippen molar-refractivity contribution in [2.75, 3.05) is 35.5 Å². The zero-order valence-electron chi connectivity index (χ0n) is 15.8. The molecule has 2 aromatic carbocycles. The number of aromatic nitrogens is 3. The quantitative estimate of drug-likeness (QED) is 0.632. The number of hydrogen-bond acceptors (Lipinski definition) is 7. The topological polar surface area (TPSA) is 76.9 Å². The lowest BCUT2D eigenvalue weighted by molar-refractivity contribution is 0.324. The van der Waals surface area contributed by atoms with E-state index in [1.807, 2.05) is 30.3 Å².